The average Bonchev–Trinajstić information content (AvgIpc) is 2.46. The van der Waals surface area contributed by atoms with Crippen LogP contribution in [0, 0.1) is 17.8 Å². The Balaban J connectivity index is 2.78. The van der Waals surface area contributed by atoms with Crippen molar-refractivity contribution in [2.24, 2.45) is 23.5 Å². The van der Waals surface area contributed by atoms with Crippen LogP contribution < -0.4 is 5.73 Å². The second kappa shape index (κ2) is 7.95. The lowest BCUT2D eigenvalue weighted by atomic mass is 9.84. The molecule has 0 bridgehead atoms. The van der Waals surface area contributed by atoms with Crippen LogP contribution in [0.4, 0.5) is 0 Å². The van der Waals surface area contributed by atoms with Crippen LogP contribution in [-0.2, 0) is 16.0 Å². The zero-order valence-electron chi connectivity index (χ0n) is 13.6. The summed E-state index contributed by atoms with van der Waals surface area (Å²) < 4.78 is 6.99. The van der Waals surface area contributed by atoms with Crippen molar-refractivity contribution < 1.29 is 11.0 Å². The number of rotatable bonds is 9. The molecular weight excluding hydrogens is 250 g/mol. The van der Waals surface area contributed by atoms with Crippen molar-refractivity contribution in [3.8, 4) is 0 Å². The Labute approximate surface area is 123 Å². The normalized spacial score (nSPS) is 14.7. The second-order valence-corrected chi connectivity index (χ2v) is 5.73. The molecule has 0 aliphatic heterocycles. The quantitative estimate of drug-likeness (QED) is 0.754. The third kappa shape index (κ3) is 4.89. The summed E-state index contributed by atoms with van der Waals surface area (Å²) in [5.41, 5.74) is 3.20. The first-order chi connectivity index (χ1) is 9.95. The van der Waals surface area contributed by atoms with Crippen molar-refractivity contribution in [2.45, 2.75) is 33.6 Å². The van der Waals surface area contributed by atoms with Gasteiger partial charge in [-0.15, -0.1) is 0 Å². The van der Waals surface area contributed by atoms with Crippen molar-refractivity contribution in [3.05, 3.63) is 35.9 Å². The zero-order chi connectivity index (χ0) is 15.8. The number of benzene rings is 1. The largest absolute Gasteiger partial charge is 0.324 e. The molecule has 0 spiro atoms. The van der Waals surface area contributed by atoms with E-state index in [1.54, 1.807) is 0 Å². The van der Waals surface area contributed by atoms with Crippen molar-refractivity contribution in [3.63, 3.8) is 0 Å². The molecule has 0 heterocycles. The molecule has 0 amide bonds. The topological polar surface area (TPSA) is 60.2 Å². The Morgan fingerprint density at radius 3 is 2.35 bits per heavy atom. The van der Waals surface area contributed by atoms with Gasteiger partial charge in [-0.1, -0.05) is 51.1 Å². The number of carbonyl (C=O) groups excluding carboxylic acids is 2. The van der Waals surface area contributed by atoms with Crippen LogP contribution in [0.1, 0.15) is 32.8 Å². The molecule has 0 saturated heterocycles. The molecule has 0 aromatic heterocycles. The molecule has 3 nitrogen and oxygen atoms in total. The molecule has 0 unspecified atom stereocenters. The molecule has 110 valence electrons. The van der Waals surface area contributed by atoms with Crippen LogP contribution in [0.3, 0.4) is 0 Å². The molecule has 2 atom stereocenters. The molecule has 0 aliphatic rings. The molecule has 1 rings (SSSR count). The molecule has 20 heavy (non-hydrogen) atoms. The van der Waals surface area contributed by atoms with Crippen molar-refractivity contribution in [1.29, 1.82) is 0 Å². The summed E-state index contributed by atoms with van der Waals surface area (Å²) in [6.45, 7) is 5.94. The second-order valence-electron chi connectivity index (χ2n) is 5.73. The van der Waals surface area contributed by atoms with Gasteiger partial charge in [0.2, 0.25) is 0 Å². The summed E-state index contributed by atoms with van der Waals surface area (Å²) in [7, 11) is 0. The van der Waals surface area contributed by atoms with Crippen molar-refractivity contribution >= 4 is 11.6 Å². The lowest BCUT2D eigenvalue weighted by Gasteiger charge is -2.19. The fourth-order valence-electron chi connectivity index (χ4n) is 2.14. The maximum absolute atomic E-state index is 12.3. The van der Waals surface area contributed by atoms with Gasteiger partial charge in [-0.2, -0.15) is 0 Å². The summed E-state index contributed by atoms with van der Waals surface area (Å²) in [6, 6.07) is 9.71. The molecule has 1 aromatic carbocycles. The lowest BCUT2D eigenvalue weighted by molar-refractivity contribution is -0.129. The average molecular weight is 276 g/mol. The molecule has 0 radical (unpaired) electrons. The molecule has 0 saturated carbocycles. The lowest BCUT2D eigenvalue weighted by Crippen LogP contribution is -2.29. The minimum atomic E-state index is -0.348. The fraction of sp³-hybridized carbons (Fsp3) is 0.529. The number of carbonyl (C=O) groups is 2. The maximum atomic E-state index is 12.3. The van der Waals surface area contributed by atoms with Crippen LogP contribution in [0.15, 0.2) is 30.3 Å². The minimum absolute atomic E-state index is 0.0131. The van der Waals surface area contributed by atoms with E-state index in [-0.39, 0.29) is 42.3 Å². The highest BCUT2D eigenvalue weighted by atomic mass is 16.1. The minimum Gasteiger partial charge on any atom is -0.324 e. The Morgan fingerprint density at radius 2 is 1.80 bits per heavy atom. The van der Waals surface area contributed by atoms with E-state index in [2.05, 4.69) is 5.73 Å². The first-order valence-electron chi connectivity index (χ1n) is 7.69. The van der Waals surface area contributed by atoms with Gasteiger partial charge in [0, 0.05) is 18.3 Å². The summed E-state index contributed by atoms with van der Waals surface area (Å²) in [5, 5.41) is 0. The van der Waals surface area contributed by atoms with Crippen LogP contribution in [0.25, 0.3) is 0 Å². The summed E-state index contributed by atoms with van der Waals surface area (Å²) >= 11 is 0. The number of nitrogens with two attached hydrogens (primary N) is 1. The van der Waals surface area contributed by atoms with Crippen molar-refractivity contribution in [2.75, 3.05) is 6.54 Å². The molecule has 3 heteroatoms. The first kappa shape index (κ1) is 14.9. The predicted octanol–water partition coefficient (Wildman–Crippen LogP) is 2.62. The van der Waals surface area contributed by atoms with E-state index in [4.69, 9.17) is 1.41 Å². The maximum Gasteiger partial charge on any atom is 0.150 e. The highest BCUT2D eigenvalue weighted by Gasteiger charge is 2.25. The van der Waals surface area contributed by atoms with E-state index in [1.165, 1.54) is 0 Å². The molecule has 0 aliphatic carbocycles. The van der Waals surface area contributed by atoms with Gasteiger partial charge < -0.3 is 5.73 Å². The zero-order valence-corrected chi connectivity index (χ0v) is 12.6. The third-order valence-corrected chi connectivity index (χ3v) is 3.91. The highest BCUT2D eigenvalue weighted by molar-refractivity contribution is 5.90. The van der Waals surface area contributed by atoms with Crippen LogP contribution in [0.5, 0.6) is 0 Å². The molecule has 0 fully saturated rings. The van der Waals surface area contributed by atoms with Gasteiger partial charge in [0.15, 0.2) is 0 Å². The van der Waals surface area contributed by atoms with Gasteiger partial charge in [-0.3, -0.25) is 9.59 Å². The smallest absolute Gasteiger partial charge is 0.150 e. The van der Waals surface area contributed by atoms with E-state index in [1.807, 2.05) is 51.1 Å². The van der Waals surface area contributed by atoms with Gasteiger partial charge in [-0.05, 0) is 17.9 Å². The third-order valence-electron chi connectivity index (χ3n) is 3.91. The number of hydrogen-bond acceptors (Lipinski definition) is 3. The van der Waals surface area contributed by atoms with Gasteiger partial charge >= 0.3 is 0 Å². The Kier molecular flexibility index (Phi) is 5.93. The summed E-state index contributed by atoms with van der Waals surface area (Å²) in [6.07, 6.45) is 0.812. The van der Waals surface area contributed by atoms with Crippen LogP contribution >= 0.6 is 0 Å². The van der Waals surface area contributed by atoms with Crippen LogP contribution in [-0.4, -0.2) is 18.1 Å². The van der Waals surface area contributed by atoms with Gasteiger partial charge in [0.25, 0.3) is 0 Å². The number of hydrogen-bond donors (Lipinski definition) is 1. The number of ketones is 2. The Hall–Kier alpha value is -1.48. The van der Waals surface area contributed by atoms with Gasteiger partial charge in [-0.25, -0.2) is 0 Å². The van der Waals surface area contributed by atoms with E-state index in [0.29, 0.717) is 6.42 Å². The van der Waals surface area contributed by atoms with Gasteiger partial charge in [0.1, 0.15) is 13.0 Å². The van der Waals surface area contributed by atoms with Gasteiger partial charge in [0.05, 0.1) is 6.54 Å². The summed E-state index contributed by atoms with van der Waals surface area (Å²) in [5.74, 6) is -0.0549. The standard InChI is InChI=1S/C17H25NO2/c1-12(2)13(3)16(19)10-15(17(20)11-18)9-14-7-5-4-6-8-14/h4-8,12-13,15H,9-11,18H2,1-3H3/t13-,15+/m0/s1/i/hD. The summed E-state index contributed by atoms with van der Waals surface area (Å²) in [4.78, 5) is 24.4. The number of Topliss-reactive ketones (excluding diaryl/α,β-unsaturated/α-hetero) is 2. The Bertz CT molecular complexity index is 459. The van der Waals surface area contributed by atoms with Crippen LogP contribution in [0.2, 0.25) is 1.41 Å². The molecular formula is C17H25NO2. The van der Waals surface area contributed by atoms with E-state index < -0.39 is 0 Å². The monoisotopic (exact) mass is 276 g/mol. The molecule has 2 N–H and O–H groups in total. The van der Waals surface area contributed by atoms with E-state index >= 15 is 0 Å². The predicted molar refractivity (Wildman–Crippen MR) is 81.3 cm³/mol. The first-order valence-corrected chi connectivity index (χ1v) is 7.19. The fourth-order valence-corrected chi connectivity index (χ4v) is 2.14. The highest BCUT2D eigenvalue weighted by Crippen LogP contribution is 2.19. The van der Waals surface area contributed by atoms with E-state index in [9.17, 15) is 9.59 Å². The van der Waals surface area contributed by atoms with E-state index in [0.717, 1.165) is 5.56 Å². The molecule has 1 aromatic rings. The van der Waals surface area contributed by atoms with Crippen molar-refractivity contribution in [1.82, 2.24) is 0 Å². The Morgan fingerprint density at radius 1 is 1.15 bits per heavy atom. The SMILES string of the molecule is [2H]NCC(=O)[C@@H](CC(=O)[C@@H](C)C(C)C)Cc1ccccc1.